The second kappa shape index (κ2) is 19.0. The molecule has 4 aromatic rings. The van der Waals surface area contributed by atoms with Crippen molar-refractivity contribution in [1.29, 1.82) is 0 Å². The number of thiazole rings is 1. The number of aryl methyl sites for hydroxylation is 2. The van der Waals surface area contributed by atoms with Crippen LogP contribution in [0.3, 0.4) is 0 Å². The van der Waals surface area contributed by atoms with Gasteiger partial charge in [0.1, 0.15) is 5.57 Å². The molecule has 0 aliphatic carbocycles. The normalized spacial score (nSPS) is 12.1. The third-order valence-corrected chi connectivity index (χ3v) is 10.1. The molecular formula is C35H45BrF2IN2O4PSSi. The van der Waals surface area contributed by atoms with Gasteiger partial charge in [0.2, 0.25) is 0 Å². The summed E-state index contributed by atoms with van der Waals surface area (Å²) in [6.45, 7) is 17.7. The first-order valence-corrected chi connectivity index (χ1v) is 25.5. The Morgan fingerprint density at radius 1 is 0.979 bits per heavy atom. The summed E-state index contributed by atoms with van der Waals surface area (Å²) in [5.74, 6) is -0.373. The molecule has 0 aliphatic rings. The van der Waals surface area contributed by atoms with Gasteiger partial charge in [0.05, 0.1) is 25.5 Å². The number of aromatic nitrogens is 1. The second-order valence-corrected chi connectivity index (χ2v) is 28.9. The van der Waals surface area contributed by atoms with Crippen molar-refractivity contribution in [2.24, 2.45) is 4.99 Å². The fourth-order valence-electron chi connectivity index (χ4n) is 4.21. The van der Waals surface area contributed by atoms with Gasteiger partial charge < -0.3 is 13.6 Å². The van der Waals surface area contributed by atoms with Gasteiger partial charge in [-0.1, -0.05) is 97.9 Å². The van der Waals surface area contributed by atoms with Crippen LogP contribution in [0.2, 0.25) is 19.6 Å². The van der Waals surface area contributed by atoms with Gasteiger partial charge in [-0.15, -0.1) is 33.1 Å². The summed E-state index contributed by atoms with van der Waals surface area (Å²) in [5, 5.41) is 1.92. The van der Waals surface area contributed by atoms with Gasteiger partial charge in [-0.3, -0.25) is 9.36 Å². The van der Waals surface area contributed by atoms with Crippen LogP contribution < -0.4 is 4.80 Å². The molecule has 0 fully saturated rings. The van der Waals surface area contributed by atoms with Crippen LogP contribution in [-0.2, 0) is 25.8 Å². The maximum absolute atomic E-state index is 15.5. The number of hydrogen-bond acceptors (Lipinski definition) is 5. The topological polar surface area (TPSA) is 69.9 Å². The standard InChI is InChI=1S/C30H30BrF2N2O4PS.C3H9ISi.C2H6/c1-5-38-40(37,39-6-2)30(32,33)25-15-13-22(17-26(25)31)18-35-27(23-10-8-7-9-11-23)19-41-29(35)34-28(36)24-14-12-20(3)21(4)16-24;1-5(2,3)4;1-2/h7-17,19H,5-6,18H2,1-4H3;1-3H3;1-2H3. The third-order valence-electron chi connectivity index (χ3n) is 6.46. The number of nitrogens with zero attached hydrogens (tertiary/aromatic N) is 2. The summed E-state index contributed by atoms with van der Waals surface area (Å²) in [6, 6.07) is 19.4. The lowest BCUT2D eigenvalue weighted by Gasteiger charge is -2.26. The molecule has 0 aliphatic heterocycles. The van der Waals surface area contributed by atoms with E-state index in [2.05, 4.69) is 62.4 Å². The van der Waals surface area contributed by atoms with E-state index in [1.807, 2.05) is 80.1 Å². The first-order chi connectivity index (χ1) is 22.5. The highest BCUT2D eigenvalue weighted by Crippen LogP contribution is 2.67. The Hall–Kier alpha value is -1.80. The van der Waals surface area contributed by atoms with Gasteiger partial charge in [-0.25, -0.2) is 0 Å². The van der Waals surface area contributed by atoms with Crippen molar-refractivity contribution in [2.45, 2.75) is 73.4 Å². The third kappa shape index (κ3) is 11.6. The number of hydrogen-bond donors (Lipinski definition) is 0. The van der Waals surface area contributed by atoms with Gasteiger partial charge in [0.25, 0.3) is 5.91 Å². The predicted octanol–water partition coefficient (Wildman–Crippen LogP) is 12.0. The van der Waals surface area contributed by atoms with Crippen molar-refractivity contribution in [3.8, 4) is 11.3 Å². The van der Waals surface area contributed by atoms with Crippen molar-refractivity contribution in [3.63, 3.8) is 0 Å². The van der Waals surface area contributed by atoms with Crippen molar-refractivity contribution in [2.75, 3.05) is 13.2 Å². The molecule has 48 heavy (non-hydrogen) atoms. The molecule has 1 amide bonds. The number of carbonyl (C=O) groups is 1. The van der Waals surface area contributed by atoms with Gasteiger partial charge in [-0.05, 0) is 68.1 Å². The number of alkyl halides is 2. The highest BCUT2D eigenvalue weighted by molar-refractivity contribution is 14.1. The molecule has 4 rings (SSSR count). The van der Waals surface area contributed by atoms with Crippen LogP contribution in [0, 0.1) is 13.8 Å². The average Bonchev–Trinajstić information content (AvgIpc) is 3.40. The van der Waals surface area contributed by atoms with Crippen LogP contribution in [0.15, 0.2) is 81.6 Å². The highest BCUT2D eigenvalue weighted by Gasteiger charge is 2.55. The second-order valence-electron chi connectivity index (χ2n) is 11.3. The lowest BCUT2D eigenvalue weighted by molar-refractivity contribution is 0.0354. The predicted molar refractivity (Wildman–Crippen MR) is 210 cm³/mol. The molecule has 262 valence electrons. The fourth-order valence-corrected chi connectivity index (χ4v) is 7.51. The van der Waals surface area contributed by atoms with Gasteiger partial charge in [0, 0.05) is 21.0 Å². The number of rotatable bonds is 10. The first kappa shape index (κ1) is 42.4. The maximum Gasteiger partial charge on any atom is 0.404 e. The first-order valence-electron chi connectivity index (χ1n) is 15.7. The zero-order valence-corrected chi connectivity index (χ0v) is 35.4. The van der Waals surface area contributed by atoms with Gasteiger partial charge in [0.15, 0.2) is 4.80 Å². The smallest absolute Gasteiger partial charge is 0.312 e. The Morgan fingerprint density at radius 3 is 2.08 bits per heavy atom. The van der Waals surface area contributed by atoms with Crippen molar-refractivity contribution in [3.05, 3.63) is 109 Å². The quantitative estimate of drug-likeness (QED) is 0.0688. The molecule has 1 heterocycles. The van der Waals surface area contributed by atoms with Crippen molar-refractivity contribution in [1.82, 2.24) is 4.57 Å². The van der Waals surface area contributed by atoms with E-state index in [9.17, 15) is 9.36 Å². The molecule has 0 unspecified atom stereocenters. The Morgan fingerprint density at radius 2 is 1.56 bits per heavy atom. The Kier molecular flexibility index (Phi) is 16.8. The van der Waals surface area contributed by atoms with Crippen LogP contribution in [0.25, 0.3) is 11.3 Å². The summed E-state index contributed by atoms with van der Waals surface area (Å²) >= 11 is 7.09. The largest absolute Gasteiger partial charge is 0.404 e. The molecule has 3 aromatic carbocycles. The van der Waals surface area contributed by atoms with E-state index in [4.69, 9.17) is 9.05 Å². The number of benzene rings is 3. The molecule has 0 atom stereocenters. The van der Waals surface area contributed by atoms with Crippen LogP contribution in [0.1, 0.15) is 60.3 Å². The van der Waals surface area contributed by atoms with E-state index in [-0.39, 0.29) is 30.1 Å². The zero-order valence-electron chi connectivity index (χ0n) is 28.9. The summed E-state index contributed by atoms with van der Waals surface area (Å²) in [5.41, 5.74) is -0.0536. The molecule has 0 radical (unpaired) electrons. The molecule has 0 N–H and O–H groups in total. The van der Waals surface area contributed by atoms with E-state index in [1.54, 1.807) is 12.1 Å². The summed E-state index contributed by atoms with van der Waals surface area (Å²) < 4.78 is 55.7. The monoisotopic (exact) mass is 892 g/mol. The number of carbonyl (C=O) groups excluding carboxylic acids is 1. The Balaban J connectivity index is 0.00000105. The summed E-state index contributed by atoms with van der Waals surface area (Å²) in [7, 11) is -4.77. The molecular weight excluding hydrogens is 848 g/mol. The molecule has 6 nitrogen and oxygen atoms in total. The minimum Gasteiger partial charge on any atom is -0.312 e. The van der Waals surface area contributed by atoms with Crippen LogP contribution in [0.4, 0.5) is 8.78 Å². The number of halogens is 4. The maximum atomic E-state index is 15.5. The molecule has 1 aromatic heterocycles. The van der Waals surface area contributed by atoms with Crippen molar-refractivity contribution < 1.29 is 27.2 Å². The average molecular weight is 894 g/mol. The van der Waals surface area contributed by atoms with E-state index < -0.39 is 24.4 Å². The Bertz CT molecular complexity index is 1760. The van der Waals surface area contributed by atoms with E-state index in [1.165, 1.54) is 37.3 Å². The summed E-state index contributed by atoms with van der Waals surface area (Å²) in [6.07, 6.45) is 0. The summed E-state index contributed by atoms with van der Waals surface area (Å²) in [4.78, 5) is 18.0. The highest BCUT2D eigenvalue weighted by atomic mass is 127. The lowest BCUT2D eigenvalue weighted by Crippen LogP contribution is -2.20. The van der Waals surface area contributed by atoms with Crippen LogP contribution >= 0.6 is 56.7 Å². The molecule has 0 bridgehead atoms. The number of amides is 1. The van der Waals surface area contributed by atoms with Gasteiger partial charge in [-0.2, -0.15) is 13.8 Å². The minimum atomic E-state index is -4.77. The zero-order chi connectivity index (χ0) is 36.3. The van der Waals surface area contributed by atoms with Crippen molar-refractivity contribution >= 4 is 68.1 Å². The van der Waals surface area contributed by atoms with Gasteiger partial charge >= 0.3 is 13.3 Å². The lowest BCUT2D eigenvalue weighted by atomic mass is 10.1. The SMILES string of the molecule is CC.CCOP(=O)(OCC)C(F)(F)c1ccc(Cn2c(-c3ccccc3)csc2=NC(=O)c2ccc(C)c(C)c2)cc1Br.C[Si](C)(C)I. The van der Waals surface area contributed by atoms with Crippen LogP contribution in [0.5, 0.6) is 0 Å². The molecule has 0 spiro atoms. The fraction of sp³-hybridized carbons (Fsp3) is 0.371. The minimum absolute atomic E-state index is 0.0569. The van der Waals surface area contributed by atoms with Crippen LogP contribution in [-0.4, -0.2) is 29.3 Å². The molecule has 0 saturated carbocycles. The van der Waals surface area contributed by atoms with E-state index >= 15 is 8.78 Å². The Labute approximate surface area is 309 Å². The molecule has 13 heteroatoms. The van der Waals surface area contributed by atoms with E-state index in [0.717, 1.165) is 22.4 Å². The molecule has 0 saturated heterocycles. The van der Waals surface area contributed by atoms with E-state index in [0.29, 0.717) is 15.9 Å².